The fraction of sp³-hybridized carbons (Fsp3) is 0.235. The molecule has 114 valence electrons. The lowest BCUT2D eigenvalue weighted by atomic mass is 9.87. The van der Waals surface area contributed by atoms with Gasteiger partial charge in [0.2, 0.25) is 0 Å². The minimum atomic E-state index is -3.95. The van der Waals surface area contributed by atoms with Crippen LogP contribution in [0.3, 0.4) is 0 Å². The van der Waals surface area contributed by atoms with Crippen molar-refractivity contribution in [2.24, 2.45) is 0 Å². The molecule has 4 nitrogen and oxygen atoms in total. The van der Waals surface area contributed by atoms with Crippen molar-refractivity contribution in [3.05, 3.63) is 59.7 Å². The molecule has 0 radical (unpaired) electrons. The van der Waals surface area contributed by atoms with Crippen LogP contribution in [0, 0.1) is 11.3 Å². The van der Waals surface area contributed by atoms with E-state index in [0.717, 1.165) is 5.56 Å². The normalized spacial score (nSPS) is 11.7. The van der Waals surface area contributed by atoms with Crippen LogP contribution in [0.5, 0.6) is 5.75 Å². The third-order valence-corrected chi connectivity index (χ3v) is 4.42. The summed E-state index contributed by atoms with van der Waals surface area (Å²) < 4.78 is 29.6. The van der Waals surface area contributed by atoms with Gasteiger partial charge in [0.25, 0.3) is 0 Å². The predicted molar refractivity (Wildman–Crippen MR) is 84.1 cm³/mol. The van der Waals surface area contributed by atoms with Crippen LogP contribution in [0.2, 0.25) is 0 Å². The summed E-state index contributed by atoms with van der Waals surface area (Å²) in [5.74, 6) is 0.246. The van der Waals surface area contributed by atoms with E-state index in [2.05, 4.69) is 20.8 Å². The molecule has 0 N–H and O–H groups in total. The van der Waals surface area contributed by atoms with Gasteiger partial charge < -0.3 is 4.18 Å². The van der Waals surface area contributed by atoms with E-state index < -0.39 is 10.1 Å². The molecule has 2 aromatic rings. The molecule has 0 unspecified atom stereocenters. The number of hydrogen-bond acceptors (Lipinski definition) is 4. The molecule has 22 heavy (non-hydrogen) atoms. The van der Waals surface area contributed by atoms with Crippen LogP contribution in [-0.2, 0) is 15.5 Å². The average Bonchev–Trinajstić information content (AvgIpc) is 2.46. The number of nitrogens with zero attached hydrogens (tertiary/aromatic N) is 1. The van der Waals surface area contributed by atoms with Crippen LogP contribution in [0.15, 0.2) is 53.4 Å². The van der Waals surface area contributed by atoms with E-state index in [1.807, 2.05) is 18.2 Å². The molecular weight excluding hydrogens is 298 g/mol. The largest absolute Gasteiger partial charge is 0.379 e. The van der Waals surface area contributed by atoms with Crippen LogP contribution >= 0.6 is 0 Å². The Morgan fingerprint density at radius 3 is 2.23 bits per heavy atom. The summed E-state index contributed by atoms with van der Waals surface area (Å²) in [6, 6.07) is 14.6. The Bertz CT molecular complexity index is 810. The number of hydrogen-bond donors (Lipinski definition) is 0. The quantitative estimate of drug-likeness (QED) is 0.811. The Labute approximate surface area is 131 Å². The summed E-state index contributed by atoms with van der Waals surface area (Å²) >= 11 is 0. The van der Waals surface area contributed by atoms with Crippen LogP contribution in [0.4, 0.5) is 0 Å². The first-order valence-corrected chi connectivity index (χ1v) is 8.18. The van der Waals surface area contributed by atoms with Gasteiger partial charge in [-0.1, -0.05) is 39.0 Å². The molecule has 0 heterocycles. The Morgan fingerprint density at radius 1 is 1.05 bits per heavy atom. The lowest BCUT2D eigenvalue weighted by molar-refractivity contribution is 0.485. The Balaban J connectivity index is 2.27. The lowest BCUT2D eigenvalue weighted by Crippen LogP contribution is -2.12. The van der Waals surface area contributed by atoms with Crippen LogP contribution < -0.4 is 4.18 Å². The molecule has 0 aliphatic carbocycles. The van der Waals surface area contributed by atoms with Crippen LogP contribution in [0.1, 0.15) is 31.9 Å². The minimum Gasteiger partial charge on any atom is -0.379 e. The number of rotatable bonds is 3. The highest BCUT2D eigenvalue weighted by Gasteiger charge is 2.18. The van der Waals surface area contributed by atoms with E-state index in [0.29, 0.717) is 0 Å². The summed E-state index contributed by atoms with van der Waals surface area (Å²) in [4.78, 5) is -0.0357. The highest BCUT2D eigenvalue weighted by molar-refractivity contribution is 7.87. The second-order valence-corrected chi connectivity index (χ2v) is 7.50. The minimum absolute atomic E-state index is 0.0153. The Hall–Kier alpha value is -2.32. The molecule has 0 aromatic heterocycles. The monoisotopic (exact) mass is 315 g/mol. The molecule has 0 amide bonds. The maximum Gasteiger partial charge on any atom is 0.339 e. The molecule has 0 atom stereocenters. The van der Waals surface area contributed by atoms with Crippen molar-refractivity contribution in [2.45, 2.75) is 31.1 Å². The molecule has 5 heteroatoms. The summed E-state index contributed by atoms with van der Waals surface area (Å²) in [6.45, 7) is 6.23. The predicted octanol–water partition coefficient (Wildman–Crippen LogP) is 3.62. The molecule has 0 aliphatic heterocycles. The van der Waals surface area contributed by atoms with Crippen LogP contribution in [0.25, 0.3) is 0 Å². The fourth-order valence-corrected chi connectivity index (χ4v) is 2.88. The smallest absolute Gasteiger partial charge is 0.339 e. The van der Waals surface area contributed by atoms with Gasteiger partial charge >= 0.3 is 10.1 Å². The molecular formula is C17H17NO3S. The Kier molecular flexibility index (Phi) is 4.25. The van der Waals surface area contributed by atoms with Gasteiger partial charge in [0, 0.05) is 0 Å². The van der Waals surface area contributed by atoms with Gasteiger partial charge in [-0.05, 0) is 41.3 Å². The van der Waals surface area contributed by atoms with Gasteiger partial charge in [-0.3, -0.25) is 0 Å². The van der Waals surface area contributed by atoms with E-state index in [1.54, 1.807) is 12.1 Å². The lowest BCUT2D eigenvalue weighted by Gasteiger charge is -2.19. The molecule has 0 bridgehead atoms. The van der Waals surface area contributed by atoms with E-state index >= 15 is 0 Å². The molecule has 0 spiro atoms. The van der Waals surface area contributed by atoms with Gasteiger partial charge in [-0.2, -0.15) is 13.7 Å². The molecule has 2 rings (SSSR count). The first-order valence-electron chi connectivity index (χ1n) is 6.77. The zero-order valence-corrected chi connectivity index (χ0v) is 13.5. The van der Waals surface area contributed by atoms with E-state index in [-0.39, 0.29) is 21.6 Å². The zero-order valence-electron chi connectivity index (χ0n) is 12.7. The summed E-state index contributed by atoms with van der Waals surface area (Å²) in [7, 11) is -3.95. The van der Waals surface area contributed by atoms with Crippen molar-refractivity contribution >= 4 is 10.1 Å². The molecule has 0 saturated carbocycles. The van der Waals surface area contributed by atoms with Crippen molar-refractivity contribution in [3.63, 3.8) is 0 Å². The van der Waals surface area contributed by atoms with Crippen molar-refractivity contribution in [1.82, 2.24) is 0 Å². The zero-order chi connectivity index (χ0) is 16.4. The summed E-state index contributed by atoms with van der Waals surface area (Å²) in [5.41, 5.74) is 1.34. The maximum absolute atomic E-state index is 12.2. The second-order valence-electron chi connectivity index (χ2n) is 5.95. The SMILES string of the molecule is CC(C)(C)c1ccc(OS(=O)(=O)c2cccc(C#N)c2)cc1. The highest BCUT2D eigenvalue weighted by atomic mass is 32.2. The van der Waals surface area contributed by atoms with E-state index in [9.17, 15) is 8.42 Å². The molecule has 0 aliphatic rings. The van der Waals surface area contributed by atoms with Crippen molar-refractivity contribution in [2.75, 3.05) is 0 Å². The maximum atomic E-state index is 12.2. The first-order chi connectivity index (χ1) is 10.2. The summed E-state index contributed by atoms with van der Waals surface area (Å²) in [5, 5.41) is 8.84. The van der Waals surface area contributed by atoms with Gasteiger partial charge in [0.1, 0.15) is 10.6 Å². The van der Waals surface area contributed by atoms with Gasteiger partial charge in [0.05, 0.1) is 11.6 Å². The molecule has 0 fully saturated rings. The van der Waals surface area contributed by atoms with Gasteiger partial charge in [-0.25, -0.2) is 0 Å². The average molecular weight is 315 g/mol. The highest BCUT2D eigenvalue weighted by Crippen LogP contribution is 2.26. The molecule has 0 saturated heterocycles. The van der Waals surface area contributed by atoms with Crippen molar-refractivity contribution in [3.8, 4) is 11.8 Å². The van der Waals surface area contributed by atoms with E-state index in [1.165, 1.54) is 24.3 Å². The van der Waals surface area contributed by atoms with Gasteiger partial charge in [-0.15, -0.1) is 0 Å². The third kappa shape index (κ3) is 3.66. The fourth-order valence-electron chi connectivity index (χ4n) is 1.91. The van der Waals surface area contributed by atoms with E-state index in [4.69, 9.17) is 9.44 Å². The van der Waals surface area contributed by atoms with Gasteiger partial charge in [0.15, 0.2) is 0 Å². The first kappa shape index (κ1) is 16.1. The third-order valence-electron chi connectivity index (χ3n) is 3.18. The number of benzene rings is 2. The van der Waals surface area contributed by atoms with Crippen molar-refractivity contribution in [1.29, 1.82) is 5.26 Å². The van der Waals surface area contributed by atoms with Crippen molar-refractivity contribution < 1.29 is 12.6 Å². The number of nitriles is 1. The summed E-state index contributed by atoms with van der Waals surface area (Å²) in [6.07, 6.45) is 0. The van der Waals surface area contributed by atoms with Crippen LogP contribution in [-0.4, -0.2) is 8.42 Å². The second kappa shape index (κ2) is 5.82. The Morgan fingerprint density at radius 2 is 1.68 bits per heavy atom. The standard InChI is InChI=1S/C17H17NO3S/c1-17(2,3)14-7-9-15(10-8-14)21-22(19,20)16-6-4-5-13(11-16)12-18/h4-11H,1-3H3. The topological polar surface area (TPSA) is 67.2 Å². The molecule has 2 aromatic carbocycles.